The fourth-order valence-electron chi connectivity index (χ4n) is 3.67. The molecule has 1 fully saturated rings. The van der Waals surface area contributed by atoms with Crippen molar-refractivity contribution >= 4 is 17.0 Å². The van der Waals surface area contributed by atoms with E-state index in [-0.39, 0.29) is 11.0 Å². The van der Waals surface area contributed by atoms with E-state index in [1.54, 1.807) is 17.0 Å². The van der Waals surface area contributed by atoms with Crippen LogP contribution in [-0.2, 0) is 12.0 Å². The predicted octanol–water partition coefficient (Wildman–Crippen LogP) is 3.33. The van der Waals surface area contributed by atoms with Gasteiger partial charge in [-0.15, -0.1) is 0 Å². The summed E-state index contributed by atoms with van der Waals surface area (Å²) in [7, 11) is 0. The van der Waals surface area contributed by atoms with Crippen molar-refractivity contribution < 1.29 is 0 Å². The largest absolute Gasteiger partial charge is 0.342 e. The molecule has 1 aliphatic rings. The number of imidazole rings is 1. The summed E-state index contributed by atoms with van der Waals surface area (Å²) in [6.45, 7) is 8.87. The highest BCUT2D eigenvalue weighted by Gasteiger charge is 2.23. The van der Waals surface area contributed by atoms with Crippen LogP contribution in [0.5, 0.6) is 0 Å². The second-order valence-electron chi connectivity index (χ2n) is 8.52. The van der Waals surface area contributed by atoms with Gasteiger partial charge in [-0.2, -0.15) is 0 Å². The Morgan fingerprint density at radius 3 is 2.59 bits per heavy atom. The first-order valence-electron chi connectivity index (χ1n) is 9.67. The average Bonchev–Trinajstić information content (AvgIpc) is 3.07. The molecule has 142 valence electrons. The van der Waals surface area contributed by atoms with E-state index in [2.05, 4.69) is 41.7 Å². The maximum absolute atomic E-state index is 12.4. The third kappa shape index (κ3) is 3.75. The maximum atomic E-state index is 12.4. The molecule has 4 rings (SSSR count). The third-order valence-electron chi connectivity index (χ3n) is 5.39. The third-order valence-corrected chi connectivity index (χ3v) is 5.39. The Morgan fingerprint density at radius 1 is 1.19 bits per heavy atom. The lowest BCUT2D eigenvalue weighted by Crippen LogP contribution is -2.37. The monoisotopic (exact) mass is 365 g/mol. The molecule has 1 N–H and O–H groups in total. The van der Waals surface area contributed by atoms with Gasteiger partial charge in [-0.1, -0.05) is 32.9 Å². The van der Waals surface area contributed by atoms with E-state index >= 15 is 0 Å². The molecule has 1 aromatic carbocycles. The van der Waals surface area contributed by atoms with Gasteiger partial charge in [-0.05, 0) is 30.9 Å². The first kappa shape index (κ1) is 17.8. The summed E-state index contributed by atoms with van der Waals surface area (Å²) in [5.74, 6) is 1.44. The topological polar surface area (TPSA) is 66.8 Å². The fourth-order valence-corrected chi connectivity index (χ4v) is 3.67. The molecule has 2 aromatic heterocycles. The van der Waals surface area contributed by atoms with Crippen LogP contribution in [0.25, 0.3) is 11.0 Å². The minimum Gasteiger partial charge on any atom is -0.342 e. The number of rotatable bonds is 3. The first-order chi connectivity index (χ1) is 12.9. The molecule has 6 nitrogen and oxygen atoms in total. The summed E-state index contributed by atoms with van der Waals surface area (Å²) in [6.07, 6.45) is 3.81. The van der Waals surface area contributed by atoms with Crippen LogP contribution in [0.4, 0.5) is 5.95 Å². The quantitative estimate of drug-likeness (QED) is 0.773. The van der Waals surface area contributed by atoms with Gasteiger partial charge in [0.25, 0.3) is 5.56 Å². The van der Waals surface area contributed by atoms with Gasteiger partial charge in [-0.3, -0.25) is 9.36 Å². The van der Waals surface area contributed by atoms with Crippen LogP contribution in [0.3, 0.4) is 0 Å². The number of H-pyrrole nitrogens is 1. The summed E-state index contributed by atoms with van der Waals surface area (Å²) < 4.78 is 1.76. The lowest BCUT2D eigenvalue weighted by molar-refractivity contribution is 0.348. The molecule has 0 radical (unpaired) electrons. The number of fused-ring (bicyclic) bond motifs is 1. The van der Waals surface area contributed by atoms with Crippen molar-refractivity contribution in [1.29, 1.82) is 0 Å². The number of nitrogens with one attached hydrogen (secondary N) is 1. The minimum atomic E-state index is -0.101. The van der Waals surface area contributed by atoms with Crippen molar-refractivity contribution in [1.82, 2.24) is 19.5 Å². The summed E-state index contributed by atoms with van der Waals surface area (Å²) in [6, 6.07) is 9.80. The number of benzene rings is 1. The number of piperidine rings is 1. The molecule has 1 aliphatic heterocycles. The summed E-state index contributed by atoms with van der Waals surface area (Å²) in [4.78, 5) is 27.4. The predicted molar refractivity (Wildman–Crippen MR) is 108 cm³/mol. The SMILES string of the molecule is CC(C)(C)c1cc(=O)n(CC2CCN(c3nc4ccccc4[nH]3)CC2)cn1. The lowest BCUT2D eigenvalue weighted by atomic mass is 9.92. The maximum Gasteiger partial charge on any atom is 0.253 e. The number of para-hydroxylation sites is 2. The van der Waals surface area contributed by atoms with Crippen LogP contribution < -0.4 is 10.5 Å². The average molecular weight is 365 g/mol. The summed E-state index contributed by atoms with van der Waals surface area (Å²) >= 11 is 0. The van der Waals surface area contributed by atoms with Gasteiger partial charge in [0.2, 0.25) is 5.95 Å². The van der Waals surface area contributed by atoms with E-state index < -0.39 is 0 Å². The molecule has 0 aliphatic carbocycles. The van der Waals surface area contributed by atoms with Gasteiger partial charge in [-0.25, -0.2) is 9.97 Å². The van der Waals surface area contributed by atoms with Gasteiger partial charge < -0.3 is 9.88 Å². The zero-order valence-corrected chi connectivity index (χ0v) is 16.3. The van der Waals surface area contributed by atoms with Crippen molar-refractivity contribution in [2.75, 3.05) is 18.0 Å². The molecule has 3 heterocycles. The molecule has 3 aromatic rings. The first-order valence-corrected chi connectivity index (χ1v) is 9.67. The number of nitrogens with zero attached hydrogens (tertiary/aromatic N) is 4. The van der Waals surface area contributed by atoms with E-state index in [9.17, 15) is 4.79 Å². The van der Waals surface area contributed by atoms with Crippen molar-refractivity contribution in [3.63, 3.8) is 0 Å². The molecule has 0 amide bonds. The zero-order chi connectivity index (χ0) is 19.0. The number of hydrogen-bond donors (Lipinski definition) is 1. The van der Waals surface area contributed by atoms with E-state index in [0.29, 0.717) is 5.92 Å². The Bertz CT molecular complexity index is 956. The van der Waals surface area contributed by atoms with Crippen molar-refractivity contribution in [2.24, 2.45) is 5.92 Å². The second-order valence-corrected chi connectivity index (χ2v) is 8.52. The molecule has 0 bridgehead atoms. The van der Waals surface area contributed by atoms with Gasteiger partial charge in [0, 0.05) is 31.1 Å². The molecule has 6 heteroatoms. The van der Waals surface area contributed by atoms with Gasteiger partial charge in [0.1, 0.15) is 0 Å². The Labute approximate surface area is 159 Å². The molecular formula is C21H27N5O. The van der Waals surface area contributed by atoms with E-state index in [0.717, 1.165) is 55.2 Å². The molecule has 0 unspecified atom stereocenters. The molecule has 1 saturated heterocycles. The van der Waals surface area contributed by atoms with Gasteiger partial charge in [0.05, 0.1) is 23.1 Å². The highest BCUT2D eigenvalue weighted by Crippen LogP contribution is 2.24. The molecule has 0 spiro atoms. The number of anilines is 1. The standard InChI is InChI=1S/C21H27N5O/c1-21(2,3)18-12-19(27)26(14-22-18)13-15-8-10-25(11-9-15)20-23-16-6-4-5-7-17(16)24-20/h4-7,12,14-15H,8-11,13H2,1-3H3,(H,23,24). The Kier molecular flexibility index (Phi) is 4.50. The highest BCUT2D eigenvalue weighted by atomic mass is 16.1. The minimum absolute atomic E-state index is 0.0506. The van der Waals surface area contributed by atoms with Crippen LogP contribution in [0.1, 0.15) is 39.3 Å². The smallest absolute Gasteiger partial charge is 0.253 e. The van der Waals surface area contributed by atoms with E-state index in [4.69, 9.17) is 4.98 Å². The summed E-state index contributed by atoms with van der Waals surface area (Å²) in [5, 5.41) is 0. The number of aromatic nitrogens is 4. The Morgan fingerprint density at radius 2 is 1.93 bits per heavy atom. The van der Waals surface area contributed by atoms with Crippen LogP contribution in [-0.4, -0.2) is 32.6 Å². The van der Waals surface area contributed by atoms with Crippen molar-refractivity contribution in [2.45, 2.75) is 45.6 Å². The van der Waals surface area contributed by atoms with Crippen LogP contribution in [0.15, 0.2) is 41.5 Å². The lowest BCUT2D eigenvalue weighted by Gasteiger charge is -2.32. The van der Waals surface area contributed by atoms with Crippen molar-refractivity contribution in [3.8, 4) is 0 Å². The summed E-state index contributed by atoms with van der Waals surface area (Å²) in [5.41, 5.74) is 2.88. The molecular weight excluding hydrogens is 338 g/mol. The molecule has 0 atom stereocenters. The highest BCUT2D eigenvalue weighted by molar-refractivity contribution is 5.77. The number of aromatic amines is 1. The fraction of sp³-hybridized carbons (Fsp3) is 0.476. The normalized spacial score (nSPS) is 16.2. The zero-order valence-electron chi connectivity index (χ0n) is 16.3. The number of hydrogen-bond acceptors (Lipinski definition) is 4. The van der Waals surface area contributed by atoms with E-state index in [1.807, 2.05) is 18.2 Å². The van der Waals surface area contributed by atoms with Gasteiger partial charge in [0.15, 0.2) is 0 Å². The van der Waals surface area contributed by atoms with Crippen LogP contribution in [0, 0.1) is 5.92 Å². The Hall–Kier alpha value is -2.63. The molecule has 0 saturated carbocycles. The van der Waals surface area contributed by atoms with Gasteiger partial charge >= 0.3 is 0 Å². The van der Waals surface area contributed by atoms with Crippen molar-refractivity contribution in [3.05, 3.63) is 52.7 Å². The van der Waals surface area contributed by atoms with Crippen LogP contribution in [0.2, 0.25) is 0 Å². The molecule has 27 heavy (non-hydrogen) atoms. The van der Waals surface area contributed by atoms with Crippen LogP contribution >= 0.6 is 0 Å². The Balaban J connectivity index is 1.40. The van der Waals surface area contributed by atoms with E-state index in [1.165, 1.54) is 0 Å². The second kappa shape index (κ2) is 6.83.